The van der Waals surface area contributed by atoms with Crippen molar-refractivity contribution in [3.63, 3.8) is 0 Å². The van der Waals surface area contributed by atoms with Gasteiger partial charge in [-0.05, 0) is 18.2 Å². The molecular weight excluding hydrogens is 375 g/mol. The van der Waals surface area contributed by atoms with Gasteiger partial charge in [0.25, 0.3) is 0 Å². The Bertz CT molecular complexity index is 785. The molecule has 1 unspecified atom stereocenters. The summed E-state index contributed by atoms with van der Waals surface area (Å²) in [6.45, 7) is 1.22. The molecule has 0 spiro atoms. The van der Waals surface area contributed by atoms with Crippen molar-refractivity contribution in [3.05, 3.63) is 29.2 Å². The molecule has 0 bridgehead atoms. The quantitative estimate of drug-likeness (QED) is 0.493. The van der Waals surface area contributed by atoms with Gasteiger partial charge in [0.1, 0.15) is 19.0 Å². The van der Waals surface area contributed by atoms with E-state index < -0.39 is 41.5 Å². The normalized spacial score (nSPS) is 20.6. The molecule has 0 aliphatic carbocycles. The van der Waals surface area contributed by atoms with Crippen LogP contribution in [0.25, 0.3) is 0 Å². The van der Waals surface area contributed by atoms with Crippen molar-refractivity contribution in [2.75, 3.05) is 42.6 Å². The number of halogens is 1. The third-order valence-corrected chi connectivity index (χ3v) is 4.65. The van der Waals surface area contributed by atoms with E-state index in [2.05, 4.69) is 5.32 Å². The number of benzene rings is 1. The van der Waals surface area contributed by atoms with Gasteiger partial charge >= 0.3 is 12.0 Å². The highest BCUT2D eigenvalue weighted by atomic mass is 19.1. The van der Waals surface area contributed by atoms with Crippen LogP contribution in [0.5, 0.6) is 0 Å². The number of carbonyl (C=O) groups excluding carboxylic acids is 3. The molecule has 0 radical (unpaired) electrons. The van der Waals surface area contributed by atoms with Gasteiger partial charge in [0, 0.05) is 13.1 Å². The van der Waals surface area contributed by atoms with Crippen molar-refractivity contribution in [2.45, 2.75) is 19.1 Å². The number of ether oxygens (including phenoxy) is 1. The number of rotatable bonds is 6. The zero-order valence-electron chi connectivity index (χ0n) is 15.2. The zero-order valence-corrected chi connectivity index (χ0v) is 15.2. The Labute approximate surface area is 160 Å². The number of amides is 3. The van der Waals surface area contributed by atoms with Crippen LogP contribution in [0.2, 0.25) is 0 Å². The minimum absolute atomic E-state index is 0.0512. The Morgan fingerprint density at radius 2 is 2.11 bits per heavy atom. The van der Waals surface area contributed by atoms with E-state index in [4.69, 9.17) is 9.84 Å². The van der Waals surface area contributed by atoms with Crippen LogP contribution >= 0.6 is 0 Å². The third-order valence-electron chi connectivity index (χ3n) is 4.65. The fourth-order valence-corrected chi connectivity index (χ4v) is 3.15. The molecule has 3 amide bonds. The van der Waals surface area contributed by atoms with Crippen molar-refractivity contribution in [2.24, 2.45) is 0 Å². The van der Waals surface area contributed by atoms with Crippen molar-refractivity contribution >= 4 is 29.3 Å². The topological polar surface area (TPSA) is 127 Å². The average Bonchev–Trinajstić information content (AvgIpc) is 2.98. The number of anilines is 2. The summed E-state index contributed by atoms with van der Waals surface area (Å²) >= 11 is 0. The lowest BCUT2D eigenvalue weighted by atomic mass is 10.1. The second-order valence-electron chi connectivity index (χ2n) is 6.76. The Morgan fingerprint density at radius 3 is 2.71 bits per heavy atom. The first-order valence-corrected chi connectivity index (χ1v) is 8.75. The van der Waals surface area contributed by atoms with Crippen molar-refractivity contribution in [3.8, 4) is 0 Å². The number of hydrogen-bond donors (Lipinski definition) is 3. The molecule has 2 aliphatic heterocycles. The Kier molecular flexibility index (Phi) is 5.77. The lowest BCUT2D eigenvalue weighted by Crippen LogP contribution is -3.10. The van der Waals surface area contributed by atoms with Gasteiger partial charge in [0.15, 0.2) is 6.10 Å². The number of hydrogen-bond acceptors (Lipinski definition) is 7. The molecule has 2 aliphatic rings. The first-order valence-electron chi connectivity index (χ1n) is 8.75. The van der Waals surface area contributed by atoms with E-state index in [0.717, 1.165) is 6.92 Å². The summed E-state index contributed by atoms with van der Waals surface area (Å²) in [4.78, 5) is 37.1. The number of aliphatic hydroxyl groups is 1. The van der Waals surface area contributed by atoms with Crippen molar-refractivity contribution < 1.29 is 33.7 Å². The lowest BCUT2D eigenvalue weighted by molar-refractivity contribution is -0.768. The fourth-order valence-electron chi connectivity index (χ4n) is 3.15. The largest absolute Gasteiger partial charge is 0.627 e. The number of cyclic esters (lactones) is 1. The Morgan fingerprint density at radius 1 is 1.39 bits per heavy atom. The van der Waals surface area contributed by atoms with Gasteiger partial charge in [0.2, 0.25) is 5.91 Å². The van der Waals surface area contributed by atoms with Gasteiger partial charge in [-0.15, -0.1) is 0 Å². The molecule has 0 aromatic heterocycles. The van der Waals surface area contributed by atoms with Crippen molar-refractivity contribution in [1.29, 1.82) is 0 Å². The SMILES string of the molecule is CC(=O)[NH+]([O-])C[C@@H]1CN(c2ccc(N3CC(NC(=O)CO)C3)c(F)c2)C(=O)O1. The molecule has 1 aromatic carbocycles. The van der Waals surface area contributed by atoms with Crippen LogP contribution in [-0.4, -0.2) is 67.9 Å². The minimum atomic E-state index is -0.752. The average molecular weight is 396 g/mol. The Balaban J connectivity index is 1.61. The highest BCUT2D eigenvalue weighted by Crippen LogP contribution is 2.30. The van der Waals surface area contributed by atoms with Gasteiger partial charge in [-0.1, -0.05) is 0 Å². The minimum Gasteiger partial charge on any atom is -0.627 e. The Hall–Kier alpha value is -2.76. The highest BCUT2D eigenvalue weighted by Gasteiger charge is 2.35. The molecule has 2 atom stereocenters. The molecule has 3 N–H and O–H groups in total. The van der Waals surface area contributed by atoms with Crippen LogP contribution in [0.3, 0.4) is 0 Å². The second kappa shape index (κ2) is 8.09. The molecule has 28 heavy (non-hydrogen) atoms. The number of quaternary nitrogens is 1. The van der Waals surface area contributed by atoms with Crippen LogP contribution in [0.1, 0.15) is 6.92 Å². The fraction of sp³-hybridized carbons (Fsp3) is 0.471. The van der Waals surface area contributed by atoms with Crippen LogP contribution in [0.4, 0.5) is 20.6 Å². The monoisotopic (exact) mass is 396 g/mol. The maximum absolute atomic E-state index is 14.5. The van der Waals surface area contributed by atoms with Gasteiger partial charge in [0.05, 0.1) is 30.9 Å². The van der Waals surface area contributed by atoms with E-state index in [1.807, 2.05) is 0 Å². The van der Waals surface area contributed by atoms with E-state index >= 15 is 0 Å². The van der Waals surface area contributed by atoms with Crippen LogP contribution in [0.15, 0.2) is 18.2 Å². The summed E-state index contributed by atoms with van der Waals surface area (Å²) in [5, 5.41) is 22.2. The van der Waals surface area contributed by atoms with Gasteiger partial charge in [-0.25, -0.2) is 14.0 Å². The predicted molar refractivity (Wildman–Crippen MR) is 95.1 cm³/mol. The molecule has 2 heterocycles. The van der Waals surface area contributed by atoms with E-state index in [1.54, 1.807) is 11.0 Å². The van der Waals surface area contributed by atoms with E-state index in [9.17, 15) is 24.0 Å². The number of aliphatic hydroxyl groups excluding tert-OH is 1. The highest BCUT2D eigenvalue weighted by molar-refractivity contribution is 5.90. The maximum Gasteiger partial charge on any atom is 0.414 e. The predicted octanol–water partition coefficient (Wildman–Crippen LogP) is -1.62. The molecule has 1 aromatic rings. The van der Waals surface area contributed by atoms with Gasteiger partial charge < -0.3 is 30.3 Å². The standard InChI is InChI=1S/C17H21FN4O6/c1-10(24)22(27)8-13-7-21(17(26)28-13)12-2-3-15(14(18)4-12)20-5-11(6-20)19-16(25)9-23/h2-4,11,13,22-23H,5-9H2,1H3,(H,19,25)/t13-/m0/s1. The third kappa shape index (κ3) is 4.21. The number of hydroxylamine groups is 2. The summed E-state index contributed by atoms with van der Waals surface area (Å²) in [5.41, 5.74) is 0.615. The smallest absolute Gasteiger partial charge is 0.414 e. The van der Waals surface area contributed by atoms with Crippen LogP contribution in [0, 0.1) is 11.0 Å². The zero-order chi connectivity index (χ0) is 20.4. The molecule has 152 valence electrons. The molecule has 3 rings (SSSR count). The molecule has 10 nitrogen and oxygen atoms in total. The summed E-state index contributed by atoms with van der Waals surface area (Å²) in [6.07, 6.45) is -1.46. The summed E-state index contributed by atoms with van der Waals surface area (Å²) in [5.74, 6) is -1.63. The van der Waals surface area contributed by atoms with Crippen LogP contribution < -0.4 is 20.2 Å². The molecule has 11 heteroatoms. The van der Waals surface area contributed by atoms with E-state index in [1.165, 1.54) is 17.0 Å². The van der Waals surface area contributed by atoms with Crippen molar-refractivity contribution in [1.82, 2.24) is 5.32 Å². The number of nitrogens with zero attached hydrogens (tertiary/aromatic N) is 2. The van der Waals surface area contributed by atoms with Gasteiger partial charge in [-0.2, -0.15) is 0 Å². The second-order valence-corrected chi connectivity index (χ2v) is 6.76. The van der Waals surface area contributed by atoms with Crippen LogP contribution in [-0.2, 0) is 14.3 Å². The molecule has 0 saturated carbocycles. The molecule has 2 fully saturated rings. The van der Waals surface area contributed by atoms with E-state index in [0.29, 0.717) is 18.8 Å². The molecule has 2 saturated heterocycles. The summed E-state index contributed by atoms with van der Waals surface area (Å²) < 4.78 is 19.6. The first kappa shape index (κ1) is 20.0. The number of nitrogens with one attached hydrogen (secondary N) is 2. The lowest BCUT2D eigenvalue weighted by Gasteiger charge is -2.41. The number of carbonyl (C=O) groups is 3. The summed E-state index contributed by atoms with van der Waals surface area (Å²) in [7, 11) is 0. The first-order chi connectivity index (χ1) is 13.3. The van der Waals surface area contributed by atoms with Gasteiger partial charge in [-0.3, -0.25) is 9.69 Å². The van der Waals surface area contributed by atoms with E-state index in [-0.39, 0.29) is 24.8 Å². The molecular formula is C17H21FN4O6. The summed E-state index contributed by atoms with van der Waals surface area (Å²) in [6, 6.07) is 4.13. The maximum atomic E-state index is 14.5.